The third-order valence-electron chi connectivity index (χ3n) is 4.28. The molecule has 0 heterocycles. The van der Waals surface area contributed by atoms with E-state index in [-0.39, 0.29) is 22.9 Å². The number of rotatable bonds is 7. The molecule has 6 nitrogen and oxygen atoms in total. The zero-order valence-electron chi connectivity index (χ0n) is 16.8. The van der Waals surface area contributed by atoms with Crippen LogP contribution in [0, 0.1) is 6.92 Å². The molecular weight excluding hydrogens is 445 g/mol. The zero-order chi connectivity index (χ0) is 23.4. The highest BCUT2D eigenvalue weighted by Crippen LogP contribution is 2.31. The molecular formula is C22H19F3N2O4S. The first-order chi connectivity index (χ1) is 15.0. The van der Waals surface area contributed by atoms with Crippen molar-refractivity contribution in [2.45, 2.75) is 18.0 Å². The predicted molar refractivity (Wildman–Crippen MR) is 114 cm³/mol. The number of carbonyl (C=O) groups excluding carboxylic acids is 1. The van der Waals surface area contributed by atoms with E-state index in [0.717, 1.165) is 17.7 Å². The molecule has 10 heteroatoms. The fourth-order valence-corrected chi connectivity index (χ4v) is 3.72. The smallest absolute Gasteiger partial charge is 0.416 e. The van der Waals surface area contributed by atoms with Crippen molar-refractivity contribution in [1.82, 2.24) is 0 Å². The van der Waals surface area contributed by atoms with Crippen LogP contribution in [0.25, 0.3) is 0 Å². The number of ether oxygens (including phenoxy) is 1. The number of benzene rings is 3. The van der Waals surface area contributed by atoms with Crippen molar-refractivity contribution in [3.05, 3.63) is 83.9 Å². The van der Waals surface area contributed by atoms with Gasteiger partial charge in [-0.3, -0.25) is 9.52 Å². The first-order valence-electron chi connectivity index (χ1n) is 9.32. The molecule has 0 aromatic heterocycles. The number of alkyl halides is 3. The normalized spacial score (nSPS) is 11.6. The number of halogens is 3. The number of hydrogen-bond acceptors (Lipinski definition) is 4. The summed E-state index contributed by atoms with van der Waals surface area (Å²) in [6.07, 6.45) is -4.59. The van der Waals surface area contributed by atoms with Crippen molar-refractivity contribution in [2.75, 3.05) is 16.6 Å². The SMILES string of the molecule is Cc1ccc(NC(=O)COc2ccc(S(=O)(=O)Nc3cccc(C(F)(F)F)c3)cc2)cc1. The van der Waals surface area contributed by atoms with Crippen molar-refractivity contribution >= 4 is 27.3 Å². The minimum atomic E-state index is -4.59. The summed E-state index contributed by atoms with van der Waals surface area (Å²) in [6.45, 7) is 1.64. The maximum Gasteiger partial charge on any atom is 0.416 e. The summed E-state index contributed by atoms with van der Waals surface area (Å²) in [4.78, 5) is 11.8. The van der Waals surface area contributed by atoms with E-state index in [4.69, 9.17) is 4.74 Å². The Balaban J connectivity index is 1.60. The van der Waals surface area contributed by atoms with Crippen molar-refractivity contribution in [2.24, 2.45) is 0 Å². The van der Waals surface area contributed by atoms with Crippen LogP contribution in [0.5, 0.6) is 5.75 Å². The highest BCUT2D eigenvalue weighted by Gasteiger charge is 2.30. The fourth-order valence-electron chi connectivity index (χ4n) is 2.67. The van der Waals surface area contributed by atoms with E-state index in [1.54, 1.807) is 12.1 Å². The van der Waals surface area contributed by atoms with Gasteiger partial charge in [-0.2, -0.15) is 13.2 Å². The quantitative estimate of drug-likeness (QED) is 0.525. The van der Waals surface area contributed by atoms with E-state index in [1.807, 2.05) is 19.1 Å². The van der Waals surface area contributed by atoms with Crippen molar-refractivity contribution in [3.63, 3.8) is 0 Å². The van der Waals surface area contributed by atoms with Crippen molar-refractivity contribution < 1.29 is 31.1 Å². The Morgan fingerprint density at radius 2 is 1.59 bits per heavy atom. The average Bonchev–Trinajstić information content (AvgIpc) is 2.73. The highest BCUT2D eigenvalue weighted by molar-refractivity contribution is 7.92. The number of amides is 1. The van der Waals surface area contributed by atoms with E-state index in [2.05, 4.69) is 10.0 Å². The van der Waals surface area contributed by atoms with Crippen LogP contribution >= 0.6 is 0 Å². The Kier molecular flexibility index (Phi) is 6.73. The zero-order valence-corrected chi connectivity index (χ0v) is 17.6. The predicted octanol–water partition coefficient (Wildman–Crippen LogP) is 4.83. The second-order valence-electron chi connectivity index (χ2n) is 6.86. The second-order valence-corrected chi connectivity index (χ2v) is 8.54. The van der Waals surface area contributed by atoms with Gasteiger partial charge in [-0.05, 0) is 61.5 Å². The van der Waals surface area contributed by atoms with Crippen LogP contribution in [0.1, 0.15) is 11.1 Å². The Morgan fingerprint density at radius 3 is 2.22 bits per heavy atom. The summed E-state index contributed by atoms with van der Waals surface area (Å²) in [5, 5.41) is 2.67. The molecule has 0 aliphatic heterocycles. The lowest BCUT2D eigenvalue weighted by Gasteiger charge is -2.12. The van der Waals surface area contributed by atoms with Gasteiger partial charge in [0.15, 0.2) is 6.61 Å². The molecule has 0 bridgehead atoms. The number of carbonyl (C=O) groups is 1. The molecule has 3 aromatic rings. The lowest BCUT2D eigenvalue weighted by Crippen LogP contribution is -2.20. The second kappa shape index (κ2) is 9.31. The molecule has 0 spiro atoms. The average molecular weight is 464 g/mol. The molecule has 1 amide bonds. The largest absolute Gasteiger partial charge is 0.484 e. The van der Waals surface area contributed by atoms with Gasteiger partial charge in [0.05, 0.1) is 10.5 Å². The van der Waals surface area contributed by atoms with Crippen LogP contribution < -0.4 is 14.8 Å². The molecule has 3 rings (SSSR count). The van der Waals surface area contributed by atoms with E-state index in [1.165, 1.54) is 30.3 Å². The summed E-state index contributed by atoms with van der Waals surface area (Å²) < 4.78 is 70.9. The van der Waals surface area contributed by atoms with Crippen molar-refractivity contribution in [3.8, 4) is 5.75 Å². The van der Waals surface area contributed by atoms with Gasteiger partial charge in [-0.1, -0.05) is 23.8 Å². The fraction of sp³-hybridized carbons (Fsp3) is 0.136. The molecule has 0 aliphatic carbocycles. The van der Waals surface area contributed by atoms with Gasteiger partial charge in [0.25, 0.3) is 15.9 Å². The highest BCUT2D eigenvalue weighted by atomic mass is 32.2. The lowest BCUT2D eigenvalue weighted by molar-refractivity contribution is -0.137. The molecule has 0 radical (unpaired) electrons. The first-order valence-corrected chi connectivity index (χ1v) is 10.8. The third kappa shape index (κ3) is 6.24. The number of nitrogens with one attached hydrogen (secondary N) is 2. The third-order valence-corrected chi connectivity index (χ3v) is 5.68. The van der Waals surface area contributed by atoms with Gasteiger partial charge in [0.2, 0.25) is 0 Å². The van der Waals surface area contributed by atoms with E-state index in [9.17, 15) is 26.4 Å². The van der Waals surface area contributed by atoms with Crippen LogP contribution in [0.15, 0.2) is 77.7 Å². The van der Waals surface area contributed by atoms with Crippen molar-refractivity contribution in [1.29, 1.82) is 0 Å². The van der Waals surface area contributed by atoms with Gasteiger partial charge in [0.1, 0.15) is 5.75 Å². The Labute approximate surface area is 183 Å². The number of sulfonamides is 1. The number of anilines is 2. The summed E-state index contributed by atoms with van der Waals surface area (Å²) in [7, 11) is -4.12. The van der Waals surface area contributed by atoms with E-state index >= 15 is 0 Å². The summed E-state index contributed by atoms with van der Waals surface area (Å²) in [5.74, 6) is -0.140. The molecule has 2 N–H and O–H groups in total. The van der Waals surface area contributed by atoms with Gasteiger partial charge in [0, 0.05) is 11.4 Å². The Morgan fingerprint density at radius 1 is 0.938 bits per heavy atom. The molecule has 0 fully saturated rings. The monoisotopic (exact) mass is 464 g/mol. The van der Waals surface area contributed by atoms with Gasteiger partial charge < -0.3 is 10.1 Å². The minimum Gasteiger partial charge on any atom is -0.484 e. The van der Waals surface area contributed by atoms with Gasteiger partial charge in [-0.25, -0.2) is 8.42 Å². The Bertz CT molecular complexity index is 1190. The maximum atomic E-state index is 12.8. The van der Waals surface area contributed by atoms with Gasteiger partial charge in [-0.15, -0.1) is 0 Å². The molecule has 0 saturated heterocycles. The maximum absolute atomic E-state index is 12.8. The molecule has 0 unspecified atom stereocenters. The molecule has 0 saturated carbocycles. The molecule has 32 heavy (non-hydrogen) atoms. The first kappa shape index (κ1) is 23.1. The molecule has 168 valence electrons. The molecule has 3 aromatic carbocycles. The van der Waals surface area contributed by atoms with Crippen LogP contribution in [0.4, 0.5) is 24.5 Å². The summed E-state index contributed by atoms with van der Waals surface area (Å²) in [5.41, 5.74) is 0.487. The summed E-state index contributed by atoms with van der Waals surface area (Å²) >= 11 is 0. The van der Waals surface area contributed by atoms with E-state index in [0.29, 0.717) is 11.8 Å². The van der Waals surface area contributed by atoms with Crippen LogP contribution in [-0.2, 0) is 21.0 Å². The van der Waals surface area contributed by atoms with Crippen LogP contribution in [0.2, 0.25) is 0 Å². The standard InChI is InChI=1S/C22H19F3N2O4S/c1-15-5-7-17(8-6-15)26-21(28)14-31-19-9-11-20(12-10-19)32(29,30)27-18-4-2-3-16(13-18)22(23,24)25/h2-13,27H,14H2,1H3,(H,26,28). The van der Waals surface area contributed by atoms with Crippen LogP contribution in [-0.4, -0.2) is 20.9 Å². The summed E-state index contributed by atoms with van der Waals surface area (Å²) in [6, 6.07) is 16.2. The number of hydrogen-bond donors (Lipinski definition) is 2. The topological polar surface area (TPSA) is 84.5 Å². The van der Waals surface area contributed by atoms with Crippen LogP contribution in [0.3, 0.4) is 0 Å². The minimum absolute atomic E-state index is 0.175. The molecule has 0 atom stereocenters. The molecule has 0 aliphatic rings. The lowest BCUT2D eigenvalue weighted by atomic mass is 10.2. The number of aryl methyl sites for hydroxylation is 1. The Hall–Kier alpha value is -3.53. The van der Waals surface area contributed by atoms with E-state index < -0.39 is 27.7 Å². The van der Waals surface area contributed by atoms with Gasteiger partial charge >= 0.3 is 6.18 Å².